The van der Waals surface area contributed by atoms with Crippen molar-refractivity contribution in [1.29, 1.82) is 0 Å². The fourth-order valence-corrected chi connectivity index (χ4v) is 1.73. The Morgan fingerprint density at radius 1 is 1.57 bits per heavy atom. The Kier molecular flexibility index (Phi) is 4.09. The number of hydrogen-bond donors (Lipinski definition) is 2. The minimum atomic E-state index is -2.82. The number of hydrogen-bond acceptors (Lipinski definition) is 4. The molecule has 0 unspecified atom stereocenters. The van der Waals surface area contributed by atoms with E-state index in [4.69, 9.17) is 0 Å². The Morgan fingerprint density at radius 2 is 2.36 bits per heavy atom. The molecule has 14 heavy (non-hydrogen) atoms. The van der Waals surface area contributed by atoms with E-state index < -0.39 is 9.84 Å². The minimum absolute atomic E-state index is 0.239. The van der Waals surface area contributed by atoms with E-state index in [0.717, 1.165) is 5.69 Å². The lowest BCUT2D eigenvalue weighted by molar-refractivity contribution is 0.594. The van der Waals surface area contributed by atoms with E-state index in [1.54, 1.807) is 12.5 Å². The summed E-state index contributed by atoms with van der Waals surface area (Å²) in [5, 5.41) is 3.12. The number of rotatable bonds is 6. The van der Waals surface area contributed by atoms with Crippen LogP contribution >= 0.6 is 0 Å². The van der Waals surface area contributed by atoms with Gasteiger partial charge in [0.2, 0.25) is 0 Å². The summed E-state index contributed by atoms with van der Waals surface area (Å²) in [7, 11) is -2.82. The zero-order valence-electron chi connectivity index (χ0n) is 8.16. The molecule has 6 heteroatoms. The summed E-state index contributed by atoms with van der Waals surface area (Å²) < 4.78 is 21.6. The summed E-state index contributed by atoms with van der Waals surface area (Å²) in [6, 6.07) is 0. The molecule has 0 aliphatic heterocycles. The van der Waals surface area contributed by atoms with Crippen molar-refractivity contribution in [3.05, 3.63) is 18.2 Å². The van der Waals surface area contributed by atoms with E-state index in [2.05, 4.69) is 15.3 Å². The Hall–Kier alpha value is -0.880. The highest BCUT2D eigenvalue weighted by atomic mass is 32.2. The smallest absolute Gasteiger partial charge is 0.147 e. The molecule has 0 spiro atoms. The Labute approximate surface area is 83.9 Å². The molecule has 1 heterocycles. The van der Waals surface area contributed by atoms with Gasteiger partial charge in [0.05, 0.1) is 12.1 Å². The highest BCUT2D eigenvalue weighted by Gasteiger charge is 2.00. The van der Waals surface area contributed by atoms with E-state index in [1.165, 1.54) is 6.26 Å². The molecule has 0 fully saturated rings. The zero-order chi connectivity index (χ0) is 10.4. The average molecular weight is 217 g/mol. The van der Waals surface area contributed by atoms with Crippen molar-refractivity contribution in [2.24, 2.45) is 0 Å². The second-order valence-electron chi connectivity index (χ2n) is 3.24. The number of aromatic amines is 1. The number of nitrogens with one attached hydrogen (secondary N) is 2. The lowest BCUT2D eigenvalue weighted by Crippen LogP contribution is -2.17. The second-order valence-corrected chi connectivity index (χ2v) is 5.50. The van der Waals surface area contributed by atoms with Crippen molar-refractivity contribution in [3.8, 4) is 0 Å². The molecule has 1 aromatic rings. The summed E-state index contributed by atoms with van der Waals surface area (Å²) in [6.45, 7) is 1.40. The maximum Gasteiger partial charge on any atom is 0.147 e. The summed E-state index contributed by atoms with van der Waals surface area (Å²) in [5.74, 6) is 0.239. The number of imidazole rings is 1. The SMILES string of the molecule is CS(=O)(=O)CCCNCc1cnc[nH]1. The van der Waals surface area contributed by atoms with Crippen molar-refractivity contribution in [2.45, 2.75) is 13.0 Å². The molecule has 0 aromatic carbocycles. The van der Waals surface area contributed by atoms with Gasteiger partial charge in [0.1, 0.15) is 9.84 Å². The summed E-state index contributed by atoms with van der Waals surface area (Å²) in [4.78, 5) is 6.82. The predicted octanol–water partition coefficient (Wildman–Crippen LogP) is -0.0660. The molecule has 0 radical (unpaired) electrons. The van der Waals surface area contributed by atoms with Crippen molar-refractivity contribution in [1.82, 2.24) is 15.3 Å². The van der Waals surface area contributed by atoms with E-state index in [-0.39, 0.29) is 5.75 Å². The molecule has 0 aliphatic rings. The quantitative estimate of drug-likeness (QED) is 0.654. The van der Waals surface area contributed by atoms with Gasteiger partial charge in [-0.05, 0) is 13.0 Å². The third kappa shape index (κ3) is 4.98. The van der Waals surface area contributed by atoms with Crippen LogP contribution in [-0.4, -0.2) is 36.9 Å². The molecule has 2 N–H and O–H groups in total. The van der Waals surface area contributed by atoms with Crippen LogP contribution in [0, 0.1) is 0 Å². The first-order valence-corrected chi connectivity index (χ1v) is 6.50. The van der Waals surface area contributed by atoms with Gasteiger partial charge in [0.15, 0.2) is 0 Å². The van der Waals surface area contributed by atoms with Crippen LogP contribution in [0.25, 0.3) is 0 Å². The summed E-state index contributed by atoms with van der Waals surface area (Å²) in [6.07, 6.45) is 5.26. The van der Waals surface area contributed by atoms with Gasteiger partial charge >= 0.3 is 0 Å². The normalized spacial score (nSPS) is 11.8. The van der Waals surface area contributed by atoms with Crippen LogP contribution in [-0.2, 0) is 16.4 Å². The predicted molar refractivity (Wildman–Crippen MR) is 54.6 cm³/mol. The molecule has 5 nitrogen and oxygen atoms in total. The van der Waals surface area contributed by atoms with Gasteiger partial charge in [-0.1, -0.05) is 0 Å². The van der Waals surface area contributed by atoms with Crippen LogP contribution in [0.15, 0.2) is 12.5 Å². The minimum Gasteiger partial charge on any atom is -0.347 e. The molecule has 1 aromatic heterocycles. The van der Waals surface area contributed by atoms with Crippen LogP contribution < -0.4 is 5.32 Å². The van der Waals surface area contributed by atoms with Crippen molar-refractivity contribution in [2.75, 3.05) is 18.6 Å². The molecular formula is C8H15N3O2S. The highest BCUT2D eigenvalue weighted by molar-refractivity contribution is 7.90. The first-order valence-electron chi connectivity index (χ1n) is 4.43. The molecular weight excluding hydrogens is 202 g/mol. The van der Waals surface area contributed by atoms with E-state index in [1.807, 2.05) is 0 Å². The molecule has 0 bridgehead atoms. The molecule has 0 atom stereocenters. The molecule has 0 amide bonds. The van der Waals surface area contributed by atoms with Gasteiger partial charge in [0, 0.05) is 24.7 Å². The lowest BCUT2D eigenvalue weighted by atomic mass is 10.4. The fraction of sp³-hybridized carbons (Fsp3) is 0.625. The van der Waals surface area contributed by atoms with Crippen molar-refractivity contribution in [3.63, 3.8) is 0 Å². The third-order valence-electron chi connectivity index (χ3n) is 1.74. The van der Waals surface area contributed by atoms with Gasteiger partial charge in [-0.25, -0.2) is 13.4 Å². The molecule has 0 saturated carbocycles. The standard InChI is InChI=1S/C8H15N3O2S/c1-14(12,13)4-2-3-9-5-8-6-10-7-11-8/h6-7,9H,2-5H2,1H3,(H,10,11). The first kappa shape index (κ1) is 11.2. The number of sulfone groups is 1. The second kappa shape index (κ2) is 5.11. The highest BCUT2D eigenvalue weighted by Crippen LogP contribution is 1.91. The van der Waals surface area contributed by atoms with Gasteiger partial charge < -0.3 is 10.3 Å². The Bertz CT molecular complexity index is 345. The number of H-pyrrole nitrogens is 1. The van der Waals surface area contributed by atoms with Crippen LogP contribution in [0.4, 0.5) is 0 Å². The van der Waals surface area contributed by atoms with Crippen molar-refractivity contribution < 1.29 is 8.42 Å². The zero-order valence-corrected chi connectivity index (χ0v) is 8.97. The van der Waals surface area contributed by atoms with Gasteiger partial charge in [0.25, 0.3) is 0 Å². The lowest BCUT2D eigenvalue weighted by Gasteiger charge is -2.01. The average Bonchev–Trinajstić information content (AvgIpc) is 2.54. The van der Waals surface area contributed by atoms with Crippen LogP contribution in [0.1, 0.15) is 12.1 Å². The largest absolute Gasteiger partial charge is 0.347 e. The maximum atomic E-state index is 10.8. The van der Waals surface area contributed by atoms with E-state index in [0.29, 0.717) is 19.5 Å². The third-order valence-corrected chi connectivity index (χ3v) is 2.77. The molecule has 0 saturated heterocycles. The van der Waals surface area contributed by atoms with Crippen molar-refractivity contribution >= 4 is 9.84 Å². The number of aromatic nitrogens is 2. The van der Waals surface area contributed by atoms with Crippen LogP contribution in [0.2, 0.25) is 0 Å². The Balaban J connectivity index is 2.06. The maximum absolute atomic E-state index is 10.8. The summed E-state index contributed by atoms with van der Waals surface area (Å²) in [5.41, 5.74) is 1.00. The number of nitrogens with zero attached hydrogens (tertiary/aromatic N) is 1. The molecule has 0 aliphatic carbocycles. The van der Waals surface area contributed by atoms with E-state index >= 15 is 0 Å². The molecule has 1 rings (SSSR count). The van der Waals surface area contributed by atoms with Crippen LogP contribution in [0.5, 0.6) is 0 Å². The monoisotopic (exact) mass is 217 g/mol. The summed E-state index contributed by atoms with van der Waals surface area (Å²) >= 11 is 0. The van der Waals surface area contributed by atoms with Gasteiger partial charge in [-0.15, -0.1) is 0 Å². The molecule has 80 valence electrons. The van der Waals surface area contributed by atoms with Gasteiger partial charge in [-0.3, -0.25) is 0 Å². The Morgan fingerprint density at radius 3 is 2.93 bits per heavy atom. The van der Waals surface area contributed by atoms with Gasteiger partial charge in [-0.2, -0.15) is 0 Å². The topological polar surface area (TPSA) is 74.8 Å². The van der Waals surface area contributed by atoms with Crippen LogP contribution in [0.3, 0.4) is 0 Å². The first-order chi connectivity index (χ1) is 6.58. The van der Waals surface area contributed by atoms with E-state index in [9.17, 15) is 8.42 Å². The fourth-order valence-electron chi connectivity index (χ4n) is 1.06.